The van der Waals surface area contributed by atoms with Crippen LogP contribution in [0.25, 0.3) is 11.0 Å². The van der Waals surface area contributed by atoms with Crippen LogP contribution in [0.5, 0.6) is 0 Å². The first-order valence-corrected chi connectivity index (χ1v) is 10.2. The number of nitrogens with one attached hydrogen (secondary N) is 3. The molecule has 158 valence electrons. The SMILES string of the molecule is Cn1c(CCNC(=O)Cc2ccc(NC(=O)c3cc4ccccc4o3)cc2)n[nH]c1=S. The molecule has 4 rings (SSSR count). The number of hydrogen-bond acceptors (Lipinski definition) is 5. The molecule has 0 radical (unpaired) electrons. The predicted octanol–water partition coefficient (Wildman–Crippen LogP) is 3.38. The number of H-pyrrole nitrogens is 1. The van der Waals surface area contributed by atoms with E-state index in [0.717, 1.165) is 16.8 Å². The number of para-hydroxylation sites is 1. The smallest absolute Gasteiger partial charge is 0.291 e. The van der Waals surface area contributed by atoms with Crippen LogP contribution in [-0.2, 0) is 24.7 Å². The van der Waals surface area contributed by atoms with Gasteiger partial charge in [-0.1, -0.05) is 30.3 Å². The number of aromatic nitrogens is 3. The molecule has 3 N–H and O–H groups in total. The molecule has 0 unspecified atom stereocenters. The van der Waals surface area contributed by atoms with E-state index < -0.39 is 0 Å². The minimum atomic E-state index is -0.324. The van der Waals surface area contributed by atoms with Crippen molar-refractivity contribution in [1.29, 1.82) is 0 Å². The van der Waals surface area contributed by atoms with Crippen molar-refractivity contribution < 1.29 is 14.0 Å². The molecular weight excluding hydrogens is 414 g/mol. The van der Waals surface area contributed by atoms with Gasteiger partial charge in [-0.25, -0.2) is 0 Å². The van der Waals surface area contributed by atoms with Crippen molar-refractivity contribution in [2.24, 2.45) is 7.05 Å². The number of carbonyl (C=O) groups excluding carboxylic acids is 2. The summed E-state index contributed by atoms with van der Waals surface area (Å²) in [5.74, 6) is 0.624. The highest BCUT2D eigenvalue weighted by molar-refractivity contribution is 7.71. The number of rotatable bonds is 7. The molecule has 2 aromatic carbocycles. The number of hydrogen-bond donors (Lipinski definition) is 3. The maximum atomic E-state index is 12.4. The van der Waals surface area contributed by atoms with Crippen LogP contribution in [0.3, 0.4) is 0 Å². The first kappa shape index (κ1) is 20.5. The second-order valence-corrected chi connectivity index (χ2v) is 7.47. The highest BCUT2D eigenvalue weighted by Gasteiger charge is 2.12. The summed E-state index contributed by atoms with van der Waals surface area (Å²) in [6, 6.07) is 16.3. The molecule has 0 bridgehead atoms. The maximum absolute atomic E-state index is 12.4. The maximum Gasteiger partial charge on any atom is 0.291 e. The largest absolute Gasteiger partial charge is 0.451 e. The van der Waals surface area contributed by atoms with Crippen LogP contribution in [0.4, 0.5) is 5.69 Å². The van der Waals surface area contributed by atoms with E-state index in [2.05, 4.69) is 20.8 Å². The van der Waals surface area contributed by atoms with Gasteiger partial charge in [0, 0.05) is 31.1 Å². The Morgan fingerprint density at radius 2 is 1.94 bits per heavy atom. The van der Waals surface area contributed by atoms with Crippen LogP contribution < -0.4 is 10.6 Å². The van der Waals surface area contributed by atoms with Gasteiger partial charge in [0.25, 0.3) is 5.91 Å². The van der Waals surface area contributed by atoms with Gasteiger partial charge in [-0.2, -0.15) is 5.10 Å². The third kappa shape index (κ3) is 4.89. The van der Waals surface area contributed by atoms with Crippen LogP contribution in [0.15, 0.2) is 59.0 Å². The lowest BCUT2D eigenvalue weighted by Crippen LogP contribution is -2.27. The molecule has 0 aliphatic carbocycles. The van der Waals surface area contributed by atoms with Gasteiger partial charge in [-0.15, -0.1) is 0 Å². The topological polar surface area (TPSA) is 105 Å². The lowest BCUT2D eigenvalue weighted by Gasteiger charge is -2.07. The first-order chi connectivity index (χ1) is 15.0. The van der Waals surface area contributed by atoms with Gasteiger partial charge >= 0.3 is 0 Å². The Kier molecular flexibility index (Phi) is 5.94. The van der Waals surface area contributed by atoms with Crippen molar-refractivity contribution in [1.82, 2.24) is 20.1 Å². The summed E-state index contributed by atoms with van der Waals surface area (Å²) in [7, 11) is 1.83. The van der Waals surface area contributed by atoms with Crippen molar-refractivity contribution in [2.75, 3.05) is 11.9 Å². The molecule has 0 spiro atoms. The molecule has 0 saturated heterocycles. The Hall–Kier alpha value is -3.72. The number of carbonyl (C=O) groups is 2. The number of nitrogens with zero attached hydrogens (tertiary/aromatic N) is 2. The average molecular weight is 436 g/mol. The van der Waals surface area contributed by atoms with E-state index in [1.807, 2.05) is 43.4 Å². The number of aromatic amines is 1. The summed E-state index contributed by atoms with van der Waals surface area (Å²) in [5.41, 5.74) is 2.14. The van der Waals surface area contributed by atoms with E-state index in [4.69, 9.17) is 16.6 Å². The lowest BCUT2D eigenvalue weighted by atomic mass is 10.1. The van der Waals surface area contributed by atoms with Gasteiger partial charge < -0.3 is 19.6 Å². The number of fused-ring (bicyclic) bond motifs is 1. The van der Waals surface area contributed by atoms with Gasteiger partial charge in [0.05, 0.1) is 6.42 Å². The molecule has 0 fully saturated rings. The average Bonchev–Trinajstić information content (AvgIpc) is 3.34. The van der Waals surface area contributed by atoms with Crippen LogP contribution in [-0.4, -0.2) is 33.1 Å². The standard InChI is InChI=1S/C22H21N5O3S/c1-27-19(25-26-22(27)31)10-11-23-20(28)12-14-6-8-16(9-7-14)24-21(29)18-13-15-4-2-3-5-17(15)30-18/h2-9,13H,10-12H2,1H3,(H,23,28)(H,24,29)(H,26,31). The van der Waals surface area contributed by atoms with E-state index in [1.165, 1.54) is 0 Å². The Morgan fingerprint density at radius 1 is 1.16 bits per heavy atom. The highest BCUT2D eigenvalue weighted by atomic mass is 32.1. The lowest BCUT2D eigenvalue weighted by molar-refractivity contribution is -0.120. The van der Waals surface area contributed by atoms with Crippen LogP contribution in [0, 0.1) is 4.77 Å². The van der Waals surface area contributed by atoms with Gasteiger partial charge in [0.15, 0.2) is 10.5 Å². The fraction of sp³-hybridized carbons (Fsp3) is 0.182. The third-order valence-corrected chi connectivity index (χ3v) is 5.23. The fourth-order valence-electron chi connectivity index (χ4n) is 3.16. The predicted molar refractivity (Wildman–Crippen MR) is 119 cm³/mol. The van der Waals surface area contributed by atoms with Crippen molar-refractivity contribution in [3.63, 3.8) is 0 Å². The van der Waals surface area contributed by atoms with Crippen LogP contribution >= 0.6 is 12.2 Å². The van der Waals surface area contributed by atoms with E-state index in [9.17, 15) is 9.59 Å². The quantitative estimate of drug-likeness (QED) is 0.386. The Balaban J connectivity index is 1.28. The number of anilines is 1. The van der Waals surface area contributed by atoms with Crippen molar-refractivity contribution >= 4 is 40.7 Å². The monoisotopic (exact) mass is 435 g/mol. The van der Waals surface area contributed by atoms with E-state index in [-0.39, 0.29) is 24.0 Å². The Bertz CT molecular complexity index is 1250. The van der Waals surface area contributed by atoms with Crippen LogP contribution in [0.1, 0.15) is 21.9 Å². The summed E-state index contributed by atoms with van der Waals surface area (Å²) in [4.78, 5) is 24.6. The molecule has 2 aromatic heterocycles. The number of furan rings is 1. The normalized spacial score (nSPS) is 10.9. The molecule has 0 aliphatic rings. The van der Waals surface area contributed by atoms with Gasteiger partial charge in [0.1, 0.15) is 11.4 Å². The van der Waals surface area contributed by atoms with Crippen molar-refractivity contribution in [2.45, 2.75) is 12.8 Å². The summed E-state index contributed by atoms with van der Waals surface area (Å²) < 4.78 is 7.91. The summed E-state index contributed by atoms with van der Waals surface area (Å²) in [6.45, 7) is 0.470. The molecule has 0 atom stereocenters. The molecule has 31 heavy (non-hydrogen) atoms. The summed E-state index contributed by atoms with van der Waals surface area (Å²) in [6.07, 6.45) is 0.832. The molecule has 0 aliphatic heterocycles. The zero-order valence-corrected chi connectivity index (χ0v) is 17.7. The second kappa shape index (κ2) is 8.97. The van der Waals surface area contributed by atoms with Gasteiger partial charge in [-0.3, -0.25) is 14.7 Å². The Morgan fingerprint density at radius 3 is 2.65 bits per heavy atom. The van der Waals surface area contributed by atoms with Gasteiger partial charge in [-0.05, 0) is 42.0 Å². The highest BCUT2D eigenvalue weighted by Crippen LogP contribution is 2.20. The minimum Gasteiger partial charge on any atom is -0.451 e. The zero-order valence-electron chi connectivity index (χ0n) is 16.8. The van der Waals surface area contributed by atoms with E-state index in [1.54, 1.807) is 22.8 Å². The number of amides is 2. The summed E-state index contributed by atoms with van der Waals surface area (Å²) >= 11 is 5.07. The zero-order chi connectivity index (χ0) is 21.8. The minimum absolute atomic E-state index is 0.0872. The Labute approximate surface area is 183 Å². The van der Waals surface area contributed by atoms with Gasteiger partial charge in [0.2, 0.25) is 5.91 Å². The van der Waals surface area contributed by atoms with Crippen molar-refractivity contribution in [3.05, 3.63) is 76.5 Å². The number of benzene rings is 2. The molecular formula is C22H21N5O3S. The molecule has 0 saturated carbocycles. The first-order valence-electron chi connectivity index (χ1n) is 9.75. The summed E-state index contributed by atoms with van der Waals surface area (Å²) in [5, 5.41) is 13.4. The van der Waals surface area contributed by atoms with E-state index in [0.29, 0.717) is 29.0 Å². The molecule has 2 amide bonds. The van der Waals surface area contributed by atoms with Crippen molar-refractivity contribution in [3.8, 4) is 0 Å². The molecule has 4 aromatic rings. The molecule has 8 nitrogen and oxygen atoms in total. The second-order valence-electron chi connectivity index (χ2n) is 7.08. The fourth-order valence-corrected chi connectivity index (χ4v) is 3.31. The van der Waals surface area contributed by atoms with E-state index >= 15 is 0 Å². The van der Waals surface area contributed by atoms with Crippen LogP contribution in [0.2, 0.25) is 0 Å². The third-order valence-electron chi connectivity index (χ3n) is 4.87. The molecule has 2 heterocycles. The molecule has 9 heteroatoms.